The van der Waals surface area contributed by atoms with E-state index in [9.17, 15) is 9.59 Å². The minimum Gasteiger partial charge on any atom is -0.493 e. The lowest BCUT2D eigenvalue weighted by Crippen LogP contribution is -2.26. The number of nitrogens with one attached hydrogen (secondary N) is 1. The van der Waals surface area contributed by atoms with E-state index in [0.29, 0.717) is 23.7 Å². The van der Waals surface area contributed by atoms with Crippen LogP contribution in [-0.4, -0.2) is 44.9 Å². The predicted octanol–water partition coefficient (Wildman–Crippen LogP) is 1.24. The Morgan fingerprint density at radius 1 is 1.05 bits per heavy atom. The largest absolute Gasteiger partial charge is 0.493 e. The SMILES string of the molecule is COc1ccc(CCC(=O)NCCC(=O)O)c(OC)c1OC. The van der Waals surface area contributed by atoms with E-state index in [1.807, 2.05) is 6.07 Å². The number of ether oxygens (including phenoxy) is 3. The van der Waals surface area contributed by atoms with Crippen LogP contribution in [0.5, 0.6) is 17.2 Å². The Morgan fingerprint density at radius 3 is 2.27 bits per heavy atom. The zero-order chi connectivity index (χ0) is 16.5. The highest BCUT2D eigenvalue weighted by atomic mass is 16.5. The minimum atomic E-state index is -0.943. The van der Waals surface area contributed by atoms with E-state index in [4.69, 9.17) is 19.3 Å². The van der Waals surface area contributed by atoms with Crippen LogP contribution < -0.4 is 19.5 Å². The number of aliphatic carboxylic acids is 1. The summed E-state index contributed by atoms with van der Waals surface area (Å²) in [6, 6.07) is 3.56. The molecule has 122 valence electrons. The number of carboxylic acids is 1. The maximum Gasteiger partial charge on any atom is 0.305 e. The van der Waals surface area contributed by atoms with Crippen LogP contribution in [0.4, 0.5) is 0 Å². The van der Waals surface area contributed by atoms with Crippen LogP contribution in [-0.2, 0) is 16.0 Å². The molecule has 1 rings (SSSR count). The van der Waals surface area contributed by atoms with E-state index < -0.39 is 5.97 Å². The topological polar surface area (TPSA) is 94.1 Å². The second-order valence-electron chi connectivity index (χ2n) is 4.49. The molecule has 0 unspecified atom stereocenters. The molecule has 1 amide bonds. The van der Waals surface area contributed by atoms with Gasteiger partial charge in [0.1, 0.15) is 0 Å². The van der Waals surface area contributed by atoms with Gasteiger partial charge in [-0.1, -0.05) is 6.07 Å². The van der Waals surface area contributed by atoms with Gasteiger partial charge in [-0.2, -0.15) is 0 Å². The molecule has 1 aromatic carbocycles. The first-order valence-electron chi connectivity index (χ1n) is 6.79. The molecule has 2 N–H and O–H groups in total. The summed E-state index contributed by atoms with van der Waals surface area (Å²) in [6.45, 7) is 0.122. The molecule has 0 bridgehead atoms. The van der Waals surface area contributed by atoms with E-state index in [0.717, 1.165) is 5.56 Å². The van der Waals surface area contributed by atoms with Gasteiger partial charge in [-0.25, -0.2) is 0 Å². The number of hydrogen-bond acceptors (Lipinski definition) is 5. The zero-order valence-corrected chi connectivity index (χ0v) is 13.0. The van der Waals surface area contributed by atoms with Crippen LogP contribution in [0.25, 0.3) is 0 Å². The molecule has 0 spiro atoms. The Kier molecular flexibility index (Phi) is 7.01. The minimum absolute atomic E-state index is 0.0918. The molecule has 0 saturated carbocycles. The number of aryl methyl sites for hydroxylation is 1. The number of benzene rings is 1. The van der Waals surface area contributed by atoms with Gasteiger partial charge in [0.2, 0.25) is 11.7 Å². The highest BCUT2D eigenvalue weighted by Gasteiger charge is 2.16. The van der Waals surface area contributed by atoms with Crippen molar-refractivity contribution in [1.82, 2.24) is 5.32 Å². The molecule has 7 nitrogen and oxygen atoms in total. The second kappa shape index (κ2) is 8.76. The smallest absolute Gasteiger partial charge is 0.305 e. The average Bonchev–Trinajstić information content (AvgIpc) is 2.51. The van der Waals surface area contributed by atoms with Gasteiger partial charge in [-0.15, -0.1) is 0 Å². The summed E-state index contributed by atoms with van der Waals surface area (Å²) in [7, 11) is 4.57. The lowest BCUT2D eigenvalue weighted by atomic mass is 10.1. The maximum absolute atomic E-state index is 11.7. The molecule has 7 heteroatoms. The van der Waals surface area contributed by atoms with Crippen molar-refractivity contribution in [2.45, 2.75) is 19.3 Å². The van der Waals surface area contributed by atoms with Crippen molar-refractivity contribution in [3.05, 3.63) is 17.7 Å². The lowest BCUT2D eigenvalue weighted by Gasteiger charge is -2.15. The highest BCUT2D eigenvalue weighted by molar-refractivity contribution is 5.77. The summed E-state index contributed by atoms with van der Waals surface area (Å²) in [6.07, 6.45) is 0.583. The van der Waals surface area contributed by atoms with Crippen molar-refractivity contribution in [1.29, 1.82) is 0 Å². The van der Waals surface area contributed by atoms with Crippen LogP contribution in [0, 0.1) is 0 Å². The molecule has 0 atom stereocenters. The average molecular weight is 311 g/mol. The van der Waals surface area contributed by atoms with Crippen LogP contribution in [0.15, 0.2) is 12.1 Å². The van der Waals surface area contributed by atoms with Crippen LogP contribution in [0.1, 0.15) is 18.4 Å². The Bertz CT molecular complexity index is 529. The van der Waals surface area contributed by atoms with Gasteiger partial charge >= 0.3 is 5.97 Å². The highest BCUT2D eigenvalue weighted by Crippen LogP contribution is 2.40. The van der Waals surface area contributed by atoms with E-state index >= 15 is 0 Å². The number of carbonyl (C=O) groups is 2. The molecule has 0 aliphatic heterocycles. The molecule has 0 heterocycles. The molecular weight excluding hydrogens is 290 g/mol. The number of carbonyl (C=O) groups excluding carboxylic acids is 1. The third-order valence-corrected chi connectivity index (χ3v) is 3.07. The zero-order valence-electron chi connectivity index (χ0n) is 13.0. The van der Waals surface area contributed by atoms with Crippen molar-refractivity contribution in [2.75, 3.05) is 27.9 Å². The Labute approximate surface area is 129 Å². The van der Waals surface area contributed by atoms with E-state index in [2.05, 4.69) is 5.32 Å². The number of carboxylic acid groups (broad SMARTS) is 1. The molecule has 22 heavy (non-hydrogen) atoms. The number of hydrogen-bond donors (Lipinski definition) is 2. The second-order valence-corrected chi connectivity index (χ2v) is 4.49. The molecule has 1 aromatic rings. The first-order chi connectivity index (χ1) is 10.5. The van der Waals surface area contributed by atoms with E-state index in [1.54, 1.807) is 6.07 Å². The van der Waals surface area contributed by atoms with Gasteiger partial charge in [0, 0.05) is 13.0 Å². The van der Waals surface area contributed by atoms with E-state index in [-0.39, 0.29) is 25.3 Å². The number of amides is 1. The summed E-state index contributed by atoms with van der Waals surface area (Å²) >= 11 is 0. The molecule has 0 radical (unpaired) electrons. The summed E-state index contributed by atoms with van der Waals surface area (Å²) in [5, 5.41) is 11.1. The van der Waals surface area contributed by atoms with Gasteiger partial charge < -0.3 is 24.6 Å². The van der Waals surface area contributed by atoms with Crippen LogP contribution in [0.2, 0.25) is 0 Å². The Hall–Kier alpha value is -2.44. The summed E-state index contributed by atoms with van der Waals surface area (Å²) in [5.74, 6) is 0.405. The van der Waals surface area contributed by atoms with Gasteiger partial charge in [0.25, 0.3) is 0 Å². The monoisotopic (exact) mass is 311 g/mol. The number of methoxy groups -OCH3 is 3. The van der Waals surface area contributed by atoms with Crippen LogP contribution >= 0.6 is 0 Å². The summed E-state index contributed by atoms with van der Waals surface area (Å²) < 4.78 is 15.8. The summed E-state index contributed by atoms with van der Waals surface area (Å²) in [5.41, 5.74) is 0.813. The summed E-state index contributed by atoms with van der Waals surface area (Å²) in [4.78, 5) is 22.1. The lowest BCUT2D eigenvalue weighted by molar-refractivity contribution is -0.136. The van der Waals surface area contributed by atoms with Gasteiger partial charge in [-0.3, -0.25) is 9.59 Å². The van der Waals surface area contributed by atoms with Gasteiger partial charge in [0.05, 0.1) is 27.8 Å². The maximum atomic E-state index is 11.7. The molecular formula is C15H21NO6. The van der Waals surface area contributed by atoms with Crippen molar-refractivity contribution in [2.24, 2.45) is 0 Å². The van der Waals surface area contributed by atoms with Crippen molar-refractivity contribution >= 4 is 11.9 Å². The normalized spacial score (nSPS) is 9.95. The fraction of sp³-hybridized carbons (Fsp3) is 0.467. The fourth-order valence-corrected chi connectivity index (χ4v) is 2.01. The Balaban J connectivity index is 2.69. The molecule has 0 aromatic heterocycles. The third kappa shape index (κ3) is 4.83. The van der Waals surface area contributed by atoms with Crippen molar-refractivity contribution in [3.63, 3.8) is 0 Å². The number of rotatable bonds is 9. The third-order valence-electron chi connectivity index (χ3n) is 3.07. The molecule has 0 saturated heterocycles. The predicted molar refractivity (Wildman–Crippen MR) is 79.7 cm³/mol. The van der Waals surface area contributed by atoms with Crippen LogP contribution in [0.3, 0.4) is 0 Å². The quantitative estimate of drug-likeness (QED) is 0.712. The first-order valence-corrected chi connectivity index (χ1v) is 6.79. The molecule has 0 aliphatic carbocycles. The standard InChI is InChI=1S/C15H21NO6/c1-20-11-6-4-10(14(21-2)15(11)22-3)5-7-12(17)16-9-8-13(18)19/h4,6H,5,7-9H2,1-3H3,(H,16,17)(H,18,19). The van der Waals surface area contributed by atoms with Crippen molar-refractivity contribution < 1.29 is 28.9 Å². The molecule has 0 fully saturated rings. The van der Waals surface area contributed by atoms with Crippen molar-refractivity contribution in [3.8, 4) is 17.2 Å². The Morgan fingerprint density at radius 2 is 1.73 bits per heavy atom. The van der Waals surface area contributed by atoms with Gasteiger partial charge in [-0.05, 0) is 18.1 Å². The fourth-order valence-electron chi connectivity index (χ4n) is 2.01. The van der Waals surface area contributed by atoms with Gasteiger partial charge in [0.15, 0.2) is 11.5 Å². The molecule has 0 aliphatic rings. The first kappa shape index (κ1) is 17.6. The van der Waals surface area contributed by atoms with E-state index in [1.165, 1.54) is 21.3 Å².